The fraction of sp³-hybridized carbons (Fsp3) is 0.167. The number of hydrogen-bond donors (Lipinski definition) is 2. The van der Waals surface area contributed by atoms with E-state index < -0.39 is 5.92 Å². The van der Waals surface area contributed by atoms with Crippen molar-refractivity contribution in [2.24, 2.45) is 0 Å². The molecule has 2 aromatic rings. The minimum atomic E-state index is -0.462. The first-order valence-corrected chi connectivity index (χ1v) is 9.56. The van der Waals surface area contributed by atoms with Gasteiger partial charge >= 0.3 is 0 Å². The molecule has 2 heterocycles. The highest BCUT2D eigenvalue weighted by molar-refractivity contribution is 8.03. The Balaban J connectivity index is 1.72. The maximum atomic E-state index is 12.2. The van der Waals surface area contributed by atoms with Gasteiger partial charge in [-0.05, 0) is 30.3 Å². The summed E-state index contributed by atoms with van der Waals surface area (Å²) in [6.07, 6.45) is 1.61. The average molecular weight is 422 g/mol. The Kier molecular flexibility index (Phi) is 6.11. The molecule has 2 N–H and O–H groups in total. The van der Waals surface area contributed by atoms with Gasteiger partial charge in [0.05, 0.1) is 34.6 Å². The summed E-state index contributed by atoms with van der Waals surface area (Å²) in [6, 6.07) is 10.2. The second-order valence-corrected chi connectivity index (χ2v) is 7.53. The smallest absolute Gasteiger partial charge is 0.234 e. The van der Waals surface area contributed by atoms with E-state index in [1.54, 1.807) is 30.3 Å². The van der Waals surface area contributed by atoms with Crippen molar-refractivity contribution in [2.45, 2.75) is 12.3 Å². The normalized spacial score (nSPS) is 16.6. The van der Waals surface area contributed by atoms with Crippen molar-refractivity contribution in [3.05, 3.63) is 63.0 Å². The third-order valence-electron chi connectivity index (χ3n) is 3.74. The first-order valence-electron chi connectivity index (χ1n) is 7.82. The molecule has 0 saturated carbocycles. The molecule has 0 unspecified atom stereocenters. The number of nitrogens with one attached hydrogen (secondary N) is 2. The quantitative estimate of drug-likeness (QED) is 0.749. The van der Waals surface area contributed by atoms with Crippen LogP contribution < -0.4 is 10.6 Å². The second-order valence-electron chi connectivity index (χ2n) is 5.67. The van der Waals surface area contributed by atoms with E-state index in [0.29, 0.717) is 32.1 Å². The molecule has 1 aromatic heterocycles. The number of hydrogen-bond acceptors (Lipinski definition) is 5. The molecule has 138 valence electrons. The largest absolute Gasteiger partial charge is 0.469 e. The van der Waals surface area contributed by atoms with Gasteiger partial charge in [-0.3, -0.25) is 9.59 Å². The number of rotatable bonds is 5. The molecule has 0 saturated heterocycles. The zero-order valence-corrected chi connectivity index (χ0v) is 16.1. The molecule has 3 rings (SSSR count). The summed E-state index contributed by atoms with van der Waals surface area (Å²) < 4.78 is 5.35. The molecule has 0 fully saturated rings. The van der Waals surface area contributed by atoms with Gasteiger partial charge < -0.3 is 15.1 Å². The Morgan fingerprint density at radius 1 is 1.37 bits per heavy atom. The Labute approximate surface area is 169 Å². The van der Waals surface area contributed by atoms with Gasteiger partial charge in [-0.25, -0.2) is 0 Å². The van der Waals surface area contributed by atoms with Crippen LogP contribution in [0.3, 0.4) is 0 Å². The number of halogens is 2. The van der Waals surface area contributed by atoms with Crippen molar-refractivity contribution in [3.8, 4) is 6.07 Å². The number of benzene rings is 1. The molecule has 9 heteroatoms. The van der Waals surface area contributed by atoms with Crippen LogP contribution in [0.4, 0.5) is 5.69 Å². The van der Waals surface area contributed by atoms with Crippen LogP contribution in [-0.4, -0.2) is 17.6 Å². The van der Waals surface area contributed by atoms with Gasteiger partial charge in [0.25, 0.3) is 0 Å². The van der Waals surface area contributed by atoms with Crippen molar-refractivity contribution in [2.75, 3.05) is 11.1 Å². The SMILES string of the molecule is N#CC1=C(SCC(=O)Nc2cc(Cl)cc(Cl)c2)NC(=O)C[C@@H]1c1ccco1. The van der Waals surface area contributed by atoms with Crippen LogP contribution in [0, 0.1) is 11.3 Å². The van der Waals surface area contributed by atoms with Gasteiger partial charge in [0, 0.05) is 22.2 Å². The minimum Gasteiger partial charge on any atom is -0.469 e. The zero-order chi connectivity index (χ0) is 19.4. The number of thioether (sulfide) groups is 1. The highest BCUT2D eigenvalue weighted by Crippen LogP contribution is 2.36. The first-order chi connectivity index (χ1) is 13.0. The Bertz CT molecular complexity index is 931. The summed E-state index contributed by atoms with van der Waals surface area (Å²) in [5, 5.41) is 16.0. The fourth-order valence-electron chi connectivity index (χ4n) is 2.63. The standard InChI is InChI=1S/C18H13Cl2N3O3S/c19-10-4-11(20)6-12(5-10)22-17(25)9-27-18-14(8-21)13(7-16(24)23-18)15-2-1-3-26-15/h1-6,13H,7,9H2,(H,22,25)(H,23,24)/t13-/m0/s1. The van der Waals surface area contributed by atoms with Crippen LogP contribution in [0.2, 0.25) is 10.0 Å². The number of nitriles is 1. The van der Waals surface area contributed by atoms with Gasteiger partial charge in [0.2, 0.25) is 11.8 Å². The highest BCUT2D eigenvalue weighted by atomic mass is 35.5. The molecule has 1 aliphatic rings. The van der Waals surface area contributed by atoms with Crippen LogP contribution in [-0.2, 0) is 9.59 Å². The van der Waals surface area contributed by atoms with Gasteiger partial charge in [-0.1, -0.05) is 35.0 Å². The molecule has 0 radical (unpaired) electrons. The first kappa shape index (κ1) is 19.4. The molecule has 0 aliphatic carbocycles. The molecule has 6 nitrogen and oxygen atoms in total. The fourth-order valence-corrected chi connectivity index (χ4v) is 4.03. The van der Waals surface area contributed by atoms with Crippen molar-refractivity contribution in [1.29, 1.82) is 5.26 Å². The summed E-state index contributed by atoms with van der Waals surface area (Å²) in [5.74, 6) is -0.485. The van der Waals surface area contributed by atoms with Crippen LogP contribution in [0.5, 0.6) is 0 Å². The van der Waals surface area contributed by atoms with Crippen LogP contribution in [0.25, 0.3) is 0 Å². The number of allylic oxidation sites excluding steroid dienone is 1. The number of carbonyl (C=O) groups excluding carboxylic acids is 2. The summed E-state index contributed by atoms with van der Waals surface area (Å²) in [5.41, 5.74) is 0.835. The summed E-state index contributed by atoms with van der Waals surface area (Å²) in [6.45, 7) is 0. The summed E-state index contributed by atoms with van der Waals surface area (Å²) >= 11 is 12.9. The summed E-state index contributed by atoms with van der Waals surface area (Å²) in [7, 11) is 0. The highest BCUT2D eigenvalue weighted by Gasteiger charge is 2.31. The number of furan rings is 1. The third kappa shape index (κ3) is 4.86. The maximum Gasteiger partial charge on any atom is 0.234 e. The molecule has 0 bridgehead atoms. The predicted octanol–water partition coefficient (Wildman–Crippen LogP) is 4.30. The Morgan fingerprint density at radius 2 is 2.11 bits per heavy atom. The summed E-state index contributed by atoms with van der Waals surface area (Å²) in [4.78, 5) is 24.2. The molecule has 1 aliphatic heterocycles. The molecule has 0 spiro atoms. The van der Waals surface area contributed by atoms with E-state index in [4.69, 9.17) is 27.6 Å². The maximum absolute atomic E-state index is 12.2. The zero-order valence-electron chi connectivity index (χ0n) is 13.8. The number of anilines is 1. The van der Waals surface area contributed by atoms with E-state index in [1.165, 1.54) is 6.26 Å². The van der Waals surface area contributed by atoms with Gasteiger partial charge in [-0.15, -0.1) is 0 Å². The third-order valence-corrected chi connectivity index (χ3v) is 5.19. The van der Waals surface area contributed by atoms with Crippen LogP contribution in [0.1, 0.15) is 18.1 Å². The molecular formula is C18H13Cl2N3O3S. The lowest BCUT2D eigenvalue weighted by atomic mass is 9.92. The van der Waals surface area contributed by atoms with E-state index in [0.717, 1.165) is 11.8 Å². The predicted molar refractivity (Wildman–Crippen MR) is 104 cm³/mol. The van der Waals surface area contributed by atoms with Crippen molar-refractivity contribution in [1.82, 2.24) is 5.32 Å². The van der Waals surface area contributed by atoms with E-state index in [1.807, 2.05) is 0 Å². The van der Waals surface area contributed by atoms with Crippen LogP contribution in [0.15, 0.2) is 51.6 Å². The van der Waals surface area contributed by atoms with E-state index in [-0.39, 0.29) is 24.0 Å². The Hall–Kier alpha value is -2.40. The van der Waals surface area contributed by atoms with E-state index in [2.05, 4.69) is 16.7 Å². The molecule has 27 heavy (non-hydrogen) atoms. The second kappa shape index (κ2) is 8.53. The molecule has 2 amide bonds. The van der Waals surface area contributed by atoms with Gasteiger partial charge in [0.15, 0.2) is 0 Å². The lowest BCUT2D eigenvalue weighted by Crippen LogP contribution is -2.31. The monoisotopic (exact) mass is 421 g/mol. The lowest BCUT2D eigenvalue weighted by Gasteiger charge is -2.23. The number of nitrogens with zero attached hydrogens (tertiary/aromatic N) is 1. The van der Waals surface area contributed by atoms with E-state index >= 15 is 0 Å². The lowest BCUT2D eigenvalue weighted by molar-refractivity contribution is -0.121. The van der Waals surface area contributed by atoms with Crippen molar-refractivity contribution < 1.29 is 14.0 Å². The topological polar surface area (TPSA) is 95.1 Å². The van der Waals surface area contributed by atoms with Crippen molar-refractivity contribution >= 4 is 52.5 Å². The van der Waals surface area contributed by atoms with Gasteiger partial charge in [-0.2, -0.15) is 5.26 Å². The van der Waals surface area contributed by atoms with Gasteiger partial charge in [0.1, 0.15) is 5.76 Å². The minimum absolute atomic E-state index is 0.00417. The number of amides is 2. The average Bonchev–Trinajstić information content (AvgIpc) is 3.13. The number of carbonyl (C=O) groups is 2. The van der Waals surface area contributed by atoms with Crippen LogP contribution >= 0.6 is 35.0 Å². The van der Waals surface area contributed by atoms with E-state index in [9.17, 15) is 14.9 Å². The Morgan fingerprint density at radius 3 is 2.74 bits per heavy atom. The molecule has 1 atom stereocenters. The molecular weight excluding hydrogens is 409 g/mol. The molecule has 1 aromatic carbocycles. The van der Waals surface area contributed by atoms with Crippen molar-refractivity contribution in [3.63, 3.8) is 0 Å².